The Morgan fingerprint density at radius 3 is 2.44 bits per heavy atom. The lowest BCUT2D eigenvalue weighted by atomic mass is 9.89. The number of hydrogen-bond donors (Lipinski definition) is 2. The molecule has 2 saturated carbocycles. The van der Waals surface area contributed by atoms with Crippen LogP contribution in [0.5, 0.6) is 0 Å². The topological polar surface area (TPSA) is 49.5 Å². The van der Waals surface area contributed by atoms with Gasteiger partial charge in [0.25, 0.3) is 0 Å². The zero-order valence-electron chi connectivity index (χ0n) is 10.4. The third kappa shape index (κ3) is 2.41. The molecule has 0 aliphatic heterocycles. The molecule has 0 saturated heterocycles. The smallest absolute Gasteiger partial charge is 0.0695 e. The van der Waals surface area contributed by atoms with Gasteiger partial charge in [-0.1, -0.05) is 19.3 Å². The molecule has 2 fully saturated rings. The lowest BCUT2D eigenvalue weighted by Crippen LogP contribution is -2.50. The molecule has 4 unspecified atom stereocenters. The molecule has 0 spiro atoms. The van der Waals surface area contributed by atoms with Gasteiger partial charge in [0.05, 0.1) is 6.10 Å². The second kappa shape index (κ2) is 5.48. The summed E-state index contributed by atoms with van der Waals surface area (Å²) in [5.74, 6) is 0.652. The van der Waals surface area contributed by atoms with Crippen LogP contribution in [0.4, 0.5) is 0 Å². The number of rotatable bonds is 3. The quantitative estimate of drug-likeness (QED) is 0.764. The Hall–Kier alpha value is -0.120. The molecule has 2 aliphatic carbocycles. The largest absolute Gasteiger partial charge is 0.391 e. The lowest BCUT2D eigenvalue weighted by molar-refractivity contribution is 0.00547. The molecule has 0 amide bonds. The van der Waals surface area contributed by atoms with Gasteiger partial charge in [-0.05, 0) is 45.2 Å². The third-order valence-corrected chi connectivity index (χ3v) is 4.66. The lowest BCUT2D eigenvalue weighted by Gasteiger charge is -2.40. The molecule has 4 atom stereocenters. The van der Waals surface area contributed by atoms with Crippen LogP contribution in [-0.2, 0) is 0 Å². The maximum Gasteiger partial charge on any atom is 0.0695 e. The predicted molar refractivity (Wildman–Crippen MR) is 66.2 cm³/mol. The second-order valence-electron chi connectivity index (χ2n) is 5.58. The number of nitrogens with two attached hydrogens (primary N) is 1. The summed E-state index contributed by atoms with van der Waals surface area (Å²) in [6.07, 6.45) is 8.33. The average molecular weight is 226 g/mol. The highest BCUT2D eigenvalue weighted by molar-refractivity contribution is 4.91. The number of aliphatic hydroxyl groups excluding tert-OH is 1. The molecule has 0 heterocycles. The van der Waals surface area contributed by atoms with Crippen molar-refractivity contribution in [3.63, 3.8) is 0 Å². The molecular formula is C13H26N2O. The van der Waals surface area contributed by atoms with Crippen LogP contribution in [-0.4, -0.2) is 41.8 Å². The normalized spacial score (nSPS) is 40.5. The van der Waals surface area contributed by atoms with Crippen molar-refractivity contribution < 1.29 is 5.11 Å². The number of hydrogen-bond acceptors (Lipinski definition) is 3. The van der Waals surface area contributed by atoms with E-state index in [1.54, 1.807) is 0 Å². The minimum absolute atomic E-state index is 0.113. The van der Waals surface area contributed by atoms with Crippen molar-refractivity contribution in [3.05, 3.63) is 0 Å². The molecular weight excluding hydrogens is 200 g/mol. The van der Waals surface area contributed by atoms with Crippen LogP contribution < -0.4 is 5.73 Å². The summed E-state index contributed by atoms with van der Waals surface area (Å²) in [6, 6.07) is 0.994. The summed E-state index contributed by atoms with van der Waals surface area (Å²) in [7, 11) is 2.19. The van der Waals surface area contributed by atoms with Crippen LogP contribution in [0.3, 0.4) is 0 Å². The number of likely N-dealkylation sites (N-methyl/N-ethyl adjacent to an activating group) is 1. The molecule has 94 valence electrons. The van der Waals surface area contributed by atoms with Gasteiger partial charge in [-0.15, -0.1) is 0 Å². The monoisotopic (exact) mass is 226 g/mol. The molecule has 0 bridgehead atoms. The van der Waals surface area contributed by atoms with Crippen molar-refractivity contribution in [2.75, 3.05) is 13.6 Å². The zero-order valence-corrected chi connectivity index (χ0v) is 10.4. The van der Waals surface area contributed by atoms with E-state index >= 15 is 0 Å². The standard InChI is InChI=1S/C13H26N2O/c1-15(11-7-4-5-10(11)9-14)12-6-2-3-8-13(12)16/h10-13,16H,2-9,14H2,1H3. The maximum atomic E-state index is 10.1. The minimum Gasteiger partial charge on any atom is -0.391 e. The van der Waals surface area contributed by atoms with Gasteiger partial charge in [0.1, 0.15) is 0 Å². The SMILES string of the molecule is CN(C1CCCCC1O)C1CCCC1CN. The summed E-state index contributed by atoms with van der Waals surface area (Å²) in [6.45, 7) is 0.803. The molecule has 0 aromatic carbocycles. The van der Waals surface area contributed by atoms with Gasteiger partial charge in [-0.25, -0.2) is 0 Å². The van der Waals surface area contributed by atoms with Crippen molar-refractivity contribution in [1.29, 1.82) is 0 Å². The second-order valence-corrected chi connectivity index (χ2v) is 5.58. The van der Waals surface area contributed by atoms with E-state index in [0.29, 0.717) is 18.0 Å². The first-order valence-corrected chi connectivity index (χ1v) is 6.84. The van der Waals surface area contributed by atoms with Crippen LogP contribution in [0.15, 0.2) is 0 Å². The summed E-state index contributed by atoms with van der Waals surface area (Å²) in [5, 5.41) is 10.1. The van der Waals surface area contributed by atoms with Gasteiger partial charge < -0.3 is 10.8 Å². The van der Waals surface area contributed by atoms with E-state index in [4.69, 9.17) is 5.73 Å². The summed E-state index contributed by atoms with van der Waals surface area (Å²) >= 11 is 0. The molecule has 2 aliphatic rings. The highest BCUT2D eigenvalue weighted by atomic mass is 16.3. The van der Waals surface area contributed by atoms with Crippen molar-refractivity contribution in [2.45, 2.75) is 63.1 Å². The molecule has 16 heavy (non-hydrogen) atoms. The van der Waals surface area contributed by atoms with E-state index in [1.165, 1.54) is 32.1 Å². The molecule has 3 N–H and O–H groups in total. The fourth-order valence-electron chi connectivity index (χ4n) is 3.64. The van der Waals surface area contributed by atoms with E-state index in [9.17, 15) is 5.11 Å². The number of aliphatic hydroxyl groups is 1. The molecule has 0 aromatic rings. The Morgan fingerprint density at radius 1 is 1.06 bits per heavy atom. The predicted octanol–water partition coefficient (Wildman–Crippen LogP) is 1.35. The van der Waals surface area contributed by atoms with Crippen LogP contribution in [0, 0.1) is 5.92 Å². The first kappa shape index (κ1) is 12.3. The molecule has 0 radical (unpaired) electrons. The maximum absolute atomic E-state index is 10.1. The highest BCUT2D eigenvalue weighted by Crippen LogP contribution is 2.33. The zero-order chi connectivity index (χ0) is 11.5. The first-order valence-electron chi connectivity index (χ1n) is 6.84. The van der Waals surface area contributed by atoms with Crippen molar-refractivity contribution in [1.82, 2.24) is 4.90 Å². The van der Waals surface area contributed by atoms with E-state index in [1.807, 2.05) is 0 Å². The summed E-state index contributed by atoms with van der Waals surface area (Å²) in [4.78, 5) is 2.44. The van der Waals surface area contributed by atoms with Gasteiger partial charge >= 0.3 is 0 Å². The van der Waals surface area contributed by atoms with Crippen molar-refractivity contribution >= 4 is 0 Å². The Labute approximate surface area is 99.0 Å². The molecule has 0 aromatic heterocycles. The molecule has 2 rings (SSSR count). The molecule has 3 nitrogen and oxygen atoms in total. The van der Waals surface area contributed by atoms with Gasteiger partial charge in [-0.2, -0.15) is 0 Å². The van der Waals surface area contributed by atoms with E-state index in [0.717, 1.165) is 19.4 Å². The van der Waals surface area contributed by atoms with Crippen LogP contribution in [0.25, 0.3) is 0 Å². The summed E-state index contributed by atoms with van der Waals surface area (Å²) in [5.41, 5.74) is 5.84. The average Bonchev–Trinajstić information content (AvgIpc) is 2.77. The third-order valence-electron chi connectivity index (χ3n) is 4.66. The van der Waals surface area contributed by atoms with Crippen LogP contribution in [0.2, 0.25) is 0 Å². The Balaban J connectivity index is 1.97. The Morgan fingerprint density at radius 2 is 1.75 bits per heavy atom. The van der Waals surface area contributed by atoms with E-state index in [2.05, 4.69) is 11.9 Å². The van der Waals surface area contributed by atoms with E-state index in [-0.39, 0.29) is 6.10 Å². The van der Waals surface area contributed by atoms with Gasteiger partial charge in [0.15, 0.2) is 0 Å². The van der Waals surface area contributed by atoms with Crippen molar-refractivity contribution in [2.24, 2.45) is 11.7 Å². The van der Waals surface area contributed by atoms with Gasteiger partial charge in [0, 0.05) is 12.1 Å². The van der Waals surface area contributed by atoms with Crippen LogP contribution in [0.1, 0.15) is 44.9 Å². The van der Waals surface area contributed by atoms with E-state index < -0.39 is 0 Å². The highest BCUT2D eigenvalue weighted by Gasteiger charge is 2.35. The number of nitrogens with zero attached hydrogens (tertiary/aromatic N) is 1. The first-order chi connectivity index (χ1) is 7.74. The van der Waals surface area contributed by atoms with Gasteiger partial charge in [-0.3, -0.25) is 4.90 Å². The minimum atomic E-state index is -0.113. The fourth-order valence-corrected chi connectivity index (χ4v) is 3.64. The molecule has 3 heteroatoms. The van der Waals surface area contributed by atoms with Crippen molar-refractivity contribution in [3.8, 4) is 0 Å². The van der Waals surface area contributed by atoms with Gasteiger partial charge in [0.2, 0.25) is 0 Å². The Kier molecular flexibility index (Phi) is 4.22. The Bertz CT molecular complexity index is 220. The fraction of sp³-hybridized carbons (Fsp3) is 1.00. The summed E-state index contributed by atoms with van der Waals surface area (Å²) < 4.78 is 0. The van der Waals surface area contributed by atoms with Crippen LogP contribution >= 0.6 is 0 Å².